The number of ether oxygens (including phenoxy) is 1. The summed E-state index contributed by atoms with van der Waals surface area (Å²) in [6, 6.07) is 19.3. The molecule has 0 spiro atoms. The lowest BCUT2D eigenvalue weighted by Crippen LogP contribution is -2.10. The molecule has 4 aromatic rings. The van der Waals surface area contributed by atoms with E-state index in [9.17, 15) is 4.79 Å². The van der Waals surface area contributed by atoms with Gasteiger partial charge in [-0.2, -0.15) is 0 Å². The van der Waals surface area contributed by atoms with Gasteiger partial charge in [0.1, 0.15) is 5.75 Å². The van der Waals surface area contributed by atoms with Gasteiger partial charge in [-0.25, -0.2) is 0 Å². The van der Waals surface area contributed by atoms with Crippen molar-refractivity contribution in [3.8, 4) is 5.75 Å². The maximum absolute atomic E-state index is 12.0. The molecule has 0 saturated heterocycles. The van der Waals surface area contributed by atoms with Crippen LogP contribution in [0.15, 0.2) is 70.6 Å². The number of fused-ring (bicyclic) bond motifs is 1. The van der Waals surface area contributed by atoms with E-state index >= 15 is 0 Å². The van der Waals surface area contributed by atoms with E-state index in [4.69, 9.17) is 9.26 Å². The predicted molar refractivity (Wildman–Crippen MR) is 96.9 cm³/mol. The smallest absolute Gasteiger partial charge is 0.316 e. The third-order valence-electron chi connectivity index (χ3n) is 3.86. The van der Waals surface area contributed by atoms with Crippen molar-refractivity contribution < 1.29 is 14.1 Å². The SMILES string of the molecule is O=C(Cc1cccs1)Oc1ccc2c(Cc3ccccc3)noc2c1. The van der Waals surface area contributed by atoms with Gasteiger partial charge < -0.3 is 9.26 Å². The van der Waals surface area contributed by atoms with E-state index in [0.29, 0.717) is 17.8 Å². The first-order chi connectivity index (χ1) is 12.3. The van der Waals surface area contributed by atoms with Crippen LogP contribution in [0.25, 0.3) is 11.0 Å². The van der Waals surface area contributed by atoms with Gasteiger partial charge in [-0.1, -0.05) is 41.6 Å². The van der Waals surface area contributed by atoms with Crippen molar-refractivity contribution in [3.63, 3.8) is 0 Å². The molecule has 0 bridgehead atoms. The molecule has 25 heavy (non-hydrogen) atoms. The molecular weight excluding hydrogens is 334 g/mol. The third kappa shape index (κ3) is 3.61. The van der Waals surface area contributed by atoms with E-state index < -0.39 is 0 Å². The number of thiophene rings is 1. The number of benzene rings is 2. The summed E-state index contributed by atoms with van der Waals surface area (Å²) in [4.78, 5) is 13.0. The van der Waals surface area contributed by atoms with Crippen molar-refractivity contribution in [2.24, 2.45) is 0 Å². The van der Waals surface area contributed by atoms with E-state index in [-0.39, 0.29) is 12.4 Å². The summed E-state index contributed by atoms with van der Waals surface area (Å²) in [5.74, 6) is 0.183. The fraction of sp³-hybridized carbons (Fsp3) is 0.100. The molecule has 0 radical (unpaired) electrons. The average molecular weight is 349 g/mol. The molecule has 0 aliphatic carbocycles. The topological polar surface area (TPSA) is 52.3 Å². The number of carbonyl (C=O) groups is 1. The zero-order valence-corrected chi connectivity index (χ0v) is 14.2. The number of hydrogen-bond donors (Lipinski definition) is 0. The Bertz CT molecular complexity index is 990. The first-order valence-electron chi connectivity index (χ1n) is 7.93. The average Bonchev–Trinajstić information content (AvgIpc) is 3.26. The number of rotatable bonds is 5. The molecule has 2 heterocycles. The number of carbonyl (C=O) groups excluding carboxylic acids is 1. The lowest BCUT2D eigenvalue weighted by molar-refractivity contribution is -0.133. The molecule has 5 heteroatoms. The predicted octanol–water partition coefficient (Wildman–Crippen LogP) is 4.63. The van der Waals surface area contributed by atoms with Crippen molar-refractivity contribution in [2.75, 3.05) is 0 Å². The van der Waals surface area contributed by atoms with E-state index in [1.54, 1.807) is 12.1 Å². The molecule has 0 saturated carbocycles. The van der Waals surface area contributed by atoms with Crippen LogP contribution in [-0.4, -0.2) is 11.1 Å². The Kier molecular flexibility index (Phi) is 4.31. The highest BCUT2D eigenvalue weighted by Gasteiger charge is 2.12. The molecule has 0 unspecified atom stereocenters. The molecule has 0 atom stereocenters. The van der Waals surface area contributed by atoms with Crippen LogP contribution in [0.4, 0.5) is 0 Å². The van der Waals surface area contributed by atoms with E-state index in [1.807, 2.05) is 41.8 Å². The summed E-state index contributed by atoms with van der Waals surface area (Å²) in [5, 5.41) is 7.03. The van der Waals surface area contributed by atoms with Crippen molar-refractivity contribution in [3.05, 3.63) is 82.2 Å². The van der Waals surface area contributed by atoms with Crippen LogP contribution >= 0.6 is 11.3 Å². The van der Waals surface area contributed by atoms with Gasteiger partial charge in [-0.3, -0.25) is 4.79 Å². The molecule has 0 aliphatic rings. The maximum atomic E-state index is 12.0. The van der Waals surface area contributed by atoms with Crippen LogP contribution in [0.1, 0.15) is 16.1 Å². The minimum atomic E-state index is -0.286. The lowest BCUT2D eigenvalue weighted by Gasteiger charge is -2.03. The second kappa shape index (κ2) is 6.91. The van der Waals surface area contributed by atoms with Crippen LogP contribution in [0, 0.1) is 0 Å². The van der Waals surface area contributed by atoms with Crippen LogP contribution < -0.4 is 4.74 Å². The summed E-state index contributed by atoms with van der Waals surface area (Å²) in [5.41, 5.74) is 2.66. The first kappa shape index (κ1) is 15.6. The normalized spacial score (nSPS) is 10.9. The fourth-order valence-electron chi connectivity index (χ4n) is 2.67. The molecule has 4 rings (SSSR count). The highest BCUT2D eigenvalue weighted by atomic mass is 32.1. The Hall–Kier alpha value is -2.92. The van der Waals surface area contributed by atoms with E-state index in [1.165, 1.54) is 16.9 Å². The molecule has 4 nitrogen and oxygen atoms in total. The quantitative estimate of drug-likeness (QED) is 0.389. The third-order valence-corrected chi connectivity index (χ3v) is 4.74. The molecular formula is C20H15NO3S. The second-order valence-electron chi connectivity index (χ2n) is 5.68. The minimum Gasteiger partial charge on any atom is -0.426 e. The van der Waals surface area contributed by atoms with Crippen molar-refractivity contribution in [1.82, 2.24) is 5.16 Å². The molecule has 0 N–H and O–H groups in total. The highest BCUT2D eigenvalue weighted by molar-refractivity contribution is 7.10. The number of esters is 1. The minimum absolute atomic E-state index is 0.269. The Morgan fingerprint density at radius 1 is 1.08 bits per heavy atom. The zero-order chi connectivity index (χ0) is 17.1. The Labute approximate surface area is 148 Å². The number of aromatic nitrogens is 1. The van der Waals surface area contributed by atoms with E-state index in [2.05, 4.69) is 17.3 Å². The fourth-order valence-corrected chi connectivity index (χ4v) is 3.36. The van der Waals surface area contributed by atoms with Crippen LogP contribution in [0.3, 0.4) is 0 Å². The number of nitrogens with zero attached hydrogens (tertiary/aromatic N) is 1. The molecule has 0 fully saturated rings. The molecule has 124 valence electrons. The summed E-state index contributed by atoms with van der Waals surface area (Å²) >= 11 is 1.54. The second-order valence-corrected chi connectivity index (χ2v) is 6.71. The highest BCUT2D eigenvalue weighted by Crippen LogP contribution is 2.25. The van der Waals surface area contributed by atoms with Gasteiger partial charge in [-0.15, -0.1) is 11.3 Å². The van der Waals surface area contributed by atoms with Crippen LogP contribution in [-0.2, 0) is 17.6 Å². The Balaban J connectivity index is 1.50. The standard InChI is InChI=1S/C20H15NO3S/c22-20(13-16-7-4-10-25-16)23-15-8-9-17-18(21-24-19(17)12-15)11-14-5-2-1-3-6-14/h1-10,12H,11,13H2. The van der Waals surface area contributed by atoms with Crippen LogP contribution in [0.5, 0.6) is 5.75 Å². The molecule has 2 aromatic heterocycles. The van der Waals surface area contributed by atoms with Crippen molar-refractivity contribution in [2.45, 2.75) is 12.8 Å². The molecule has 2 aromatic carbocycles. The summed E-state index contributed by atoms with van der Waals surface area (Å²) in [7, 11) is 0. The van der Waals surface area contributed by atoms with Gasteiger partial charge >= 0.3 is 5.97 Å². The maximum Gasteiger partial charge on any atom is 0.316 e. The first-order valence-corrected chi connectivity index (χ1v) is 8.81. The Morgan fingerprint density at radius 2 is 1.96 bits per heavy atom. The molecule has 0 amide bonds. The monoisotopic (exact) mass is 349 g/mol. The van der Waals surface area contributed by atoms with Gasteiger partial charge in [-0.05, 0) is 29.1 Å². The van der Waals surface area contributed by atoms with Crippen LogP contribution in [0.2, 0.25) is 0 Å². The lowest BCUT2D eigenvalue weighted by atomic mass is 10.1. The van der Waals surface area contributed by atoms with Gasteiger partial charge in [0.2, 0.25) is 0 Å². The van der Waals surface area contributed by atoms with E-state index in [0.717, 1.165) is 16.0 Å². The summed E-state index contributed by atoms with van der Waals surface area (Å²) in [6.07, 6.45) is 0.969. The van der Waals surface area contributed by atoms with Gasteiger partial charge in [0.15, 0.2) is 5.58 Å². The number of hydrogen-bond acceptors (Lipinski definition) is 5. The van der Waals surface area contributed by atoms with Crippen molar-refractivity contribution in [1.29, 1.82) is 0 Å². The van der Waals surface area contributed by atoms with Crippen molar-refractivity contribution >= 4 is 28.3 Å². The molecule has 0 aliphatic heterocycles. The summed E-state index contributed by atoms with van der Waals surface area (Å²) in [6.45, 7) is 0. The zero-order valence-electron chi connectivity index (χ0n) is 13.3. The van der Waals surface area contributed by atoms with Gasteiger partial charge in [0.25, 0.3) is 0 Å². The summed E-state index contributed by atoms with van der Waals surface area (Å²) < 4.78 is 10.8. The Morgan fingerprint density at radius 3 is 2.76 bits per heavy atom. The van der Waals surface area contributed by atoms with Gasteiger partial charge in [0.05, 0.1) is 12.1 Å². The van der Waals surface area contributed by atoms with Gasteiger partial charge in [0, 0.05) is 22.8 Å². The largest absolute Gasteiger partial charge is 0.426 e.